The van der Waals surface area contributed by atoms with Crippen LogP contribution in [0.25, 0.3) is 0 Å². The topological polar surface area (TPSA) is 230 Å². The second-order valence-corrected chi connectivity index (χ2v) is 44.0. The van der Waals surface area contributed by atoms with Gasteiger partial charge in [0.25, 0.3) is 0 Å². The molecule has 0 radical (unpaired) electrons. The summed E-state index contributed by atoms with van der Waals surface area (Å²) in [6.07, 6.45) is 39.8. The molecule has 2 fully saturated rings. The van der Waals surface area contributed by atoms with Gasteiger partial charge in [0.1, 0.15) is 40.5 Å². The Morgan fingerprint density at radius 3 is 0.699 bits per heavy atom. The molecule has 794 valence electrons. The Hall–Kier alpha value is -2.79. The van der Waals surface area contributed by atoms with Crippen LogP contribution in [0.4, 0.5) is 0 Å². The van der Waals surface area contributed by atoms with E-state index in [1.165, 1.54) is 64.2 Å². The maximum atomic E-state index is 12.0. The predicted octanol–water partition coefficient (Wildman–Crippen LogP) is 30.1. The summed E-state index contributed by atoms with van der Waals surface area (Å²) in [4.78, 5) is 81.8. The average Bonchev–Trinajstić information content (AvgIpc) is 1.43. The van der Waals surface area contributed by atoms with Crippen LogP contribution in [-0.2, 0) is 90.4 Å². The van der Waals surface area contributed by atoms with Gasteiger partial charge >= 0.3 is 0 Å². The molecule has 19 heteroatoms. The molecule has 1 unspecified atom stereocenters. The Bertz CT molecular complexity index is 2600. The first kappa shape index (κ1) is 139. The summed E-state index contributed by atoms with van der Waals surface area (Å²) in [5, 5.41) is 0. The molecule has 0 aliphatic heterocycles. The molecule has 0 heterocycles. The van der Waals surface area contributed by atoms with Crippen LogP contribution in [0.5, 0.6) is 0 Å². The van der Waals surface area contributed by atoms with E-state index in [2.05, 4.69) is 159 Å². The van der Waals surface area contributed by atoms with Gasteiger partial charge in [-0.2, -0.15) is 0 Å². The van der Waals surface area contributed by atoms with Gasteiger partial charge < -0.3 is 56.8 Å². The van der Waals surface area contributed by atoms with Crippen LogP contribution in [0, 0.1) is 70.5 Å². The van der Waals surface area contributed by atoms with E-state index >= 15 is 0 Å². The van der Waals surface area contributed by atoms with Crippen LogP contribution in [0.2, 0.25) is 0 Å². The van der Waals surface area contributed by atoms with Crippen LogP contribution in [0.15, 0.2) is 0 Å². The van der Waals surface area contributed by atoms with Gasteiger partial charge in [0.15, 0.2) is 17.4 Å². The Balaban J connectivity index is -0.000000493. The summed E-state index contributed by atoms with van der Waals surface area (Å²) in [6, 6.07) is 0. The van der Waals surface area contributed by atoms with Crippen LogP contribution < -0.4 is 0 Å². The average molecular weight is 1900 g/mol. The van der Waals surface area contributed by atoms with E-state index in [0.29, 0.717) is 152 Å². The molecule has 2 rings (SSSR count). The highest BCUT2D eigenvalue weighted by atomic mass is 16.7. The number of carbonyl (C=O) groups excluding carboxylic acids is 7. The molecule has 0 N–H and O–H groups in total. The molecule has 0 saturated heterocycles. The first-order valence-corrected chi connectivity index (χ1v) is 54.6. The number of hydrogen-bond acceptors (Lipinski definition) is 19. The highest BCUT2D eigenvalue weighted by molar-refractivity contribution is 5.84. The van der Waals surface area contributed by atoms with Crippen LogP contribution >= 0.6 is 0 Å². The van der Waals surface area contributed by atoms with E-state index in [1.54, 1.807) is 0 Å². The fourth-order valence-corrected chi connectivity index (χ4v) is 14.1. The number of ether oxygens (including phenoxy) is 12. The molecule has 1 atom stereocenters. The third-order valence-electron chi connectivity index (χ3n) is 23.4. The highest BCUT2D eigenvalue weighted by Gasteiger charge is 2.40. The minimum absolute atomic E-state index is 0.0594. The van der Waals surface area contributed by atoms with E-state index in [9.17, 15) is 33.6 Å². The minimum Gasteiger partial charge on any atom is -0.381 e. The van der Waals surface area contributed by atoms with Gasteiger partial charge in [-0.15, -0.1) is 0 Å². The molecule has 0 aromatic rings. The minimum atomic E-state index is -0.656. The Kier molecular flexibility index (Phi) is 94.3. The van der Waals surface area contributed by atoms with E-state index in [1.807, 2.05) is 62.3 Å². The predicted molar refractivity (Wildman–Crippen MR) is 557 cm³/mol. The van der Waals surface area contributed by atoms with E-state index in [4.69, 9.17) is 56.8 Å². The maximum Gasteiger partial charge on any atom is 0.170 e. The molecule has 133 heavy (non-hydrogen) atoms. The smallest absolute Gasteiger partial charge is 0.170 e. The lowest BCUT2D eigenvalue weighted by atomic mass is 9.86. The van der Waals surface area contributed by atoms with Crippen molar-refractivity contribution >= 4 is 40.5 Å². The van der Waals surface area contributed by atoms with Crippen LogP contribution in [-0.4, -0.2) is 175 Å². The van der Waals surface area contributed by atoms with Crippen molar-refractivity contribution in [1.29, 1.82) is 0 Å². The quantitative estimate of drug-likeness (QED) is 0.0407. The van der Waals surface area contributed by atoms with Crippen LogP contribution in [0.1, 0.15) is 491 Å². The lowest BCUT2D eigenvalue weighted by Crippen LogP contribution is -2.45. The molecule has 19 nitrogen and oxygen atoms in total. The summed E-state index contributed by atoms with van der Waals surface area (Å²) < 4.78 is 69.6. The SMILES string of the molecule is CC(C)CCCC(=O)C(C)C.CC(C)CCCOC(C)(OCCCC(=O)CCCC(=O)C(C)C)C(C)(C)C.CC(C)CCCOC(C)C.CC(C)CCCOC1(OCCCC(=O)CCCC(=O)C(C)C)CCCC1.CC(C)CCCOC1(OCCCC(=O)CCCC(=O)C(C)C)CCCCC1.CC(C)CCCOCCCOC(C)C.CC(C)CCCOCCCOCCCOC(C)C. The Morgan fingerprint density at radius 1 is 0.226 bits per heavy atom. The number of ketones is 7. The van der Waals surface area contributed by atoms with E-state index in [-0.39, 0.29) is 63.8 Å². The van der Waals surface area contributed by atoms with Gasteiger partial charge in [-0.25, -0.2) is 0 Å². The molecule has 0 spiro atoms. The summed E-state index contributed by atoms with van der Waals surface area (Å²) in [5.41, 5.74) is -0.147. The maximum absolute atomic E-state index is 12.0. The van der Waals surface area contributed by atoms with Gasteiger partial charge in [0.05, 0.1) is 58.0 Å². The second-order valence-electron chi connectivity index (χ2n) is 44.0. The normalized spacial score (nSPS) is 14.2. The van der Waals surface area contributed by atoms with E-state index < -0.39 is 17.4 Å². The van der Waals surface area contributed by atoms with Crippen molar-refractivity contribution in [2.75, 3.05) is 99.1 Å². The molecule has 0 aromatic carbocycles. The Morgan fingerprint density at radius 2 is 0.429 bits per heavy atom. The molecule has 2 saturated carbocycles. The molecule has 0 bridgehead atoms. The largest absolute Gasteiger partial charge is 0.381 e. The third kappa shape index (κ3) is 97.8. The molecule has 0 aromatic heterocycles. The summed E-state index contributed by atoms with van der Waals surface area (Å²) >= 11 is 0. The first-order chi connectivity index (χ1) is 62.5. The van der Waals surface area contributed by atoms with Crippen molar-refractivity contribution in [1.82, 2.24) is 0 Å². The number of rotatable bonds is 77. The standard InChI is InChI=1S/C23H42O4.C23H44O4.C22H40O4.C15H32O3.C12H26O2.C10H20O.C9H20O/c1-19(2)11-9-17-26-23(15-6-5-7-16-23)27-18-10-13-21(24)12-8-14-22(25)20(3)4;1-18(2)12-10-16-26-23(8,22(5,6)7)27-17-11-14-20(24)13-9-15-21(25)19(3)4;1-18(2)10-8-16-25-22(14-5-6-15-22)26-17-9-12-20(23)11-7-13-21(24)19(3)4;1-14(2)8-5-9-16-10-6-11-17-12-7-13-18-15(3)4;1-11(2)7-5-8-13-9-6-10-14-12(3)4;1-8(2)6-5-7-10(11)9(3)4;1-8(2)6-5-7-10-9(3)4/h19-20H,5-18H2,1-4H3;18-19H,9-17H2,1-8H3;18-19H,5-17H2,1-4H3;14-15H,5-13H2,1-4H3;11-12H,5-10H2,1-4H3;8-9H,5-7H2,1-4H3;8-9H,5-7H2,1-4H3. The van der Waals surface area contributed by atoms with Gasteiger partial charge in [-0.05, 0) is 257 Å². The van der Waals surface area contributed by atoms with E-state index in [0.717, 1.165) is 218 Å². The van der Waals surface area contributed by atoms with Crippen molar-refractivity contribution in [3.8, 4) is 0 Å². The van der Waals surface area contributed by atoms with Crippen LogP contribution in [0.3, 0.4) is 0 Å². The highest BCUT2D eigenvalue weighted by Crippen LogP contribution is 2.38. The number of carbonyl (C=O) groups is 7. The van der Waals surface area contributed by atoms with Crippen molar-refractivity contribution in [3.63, 3.8) is 0 Å². The molecular formula is C114H224O19. The van der Waals surface area contributed by atoms with Crippen molar-refractivity contribution in [3.05, 3.63) is 0 Å². The lowest BCUT2D eigenvalue weighted by molar-refractivity contribution is -0.278. The van der Waals surface area contributed by atoms with Gasteiger partial charge in [-0.1, -0.05) is 186 Å². The summed E-state index contributed by atoms with van der Waals surface area (Å²) in [7, 11) is 0. The third-order valence-corrected chi connectivity index (χ3v) is 23.4. The second kappa shape index (κ2) is 90.5. The van der Waals surface area contributed by atoms with Gasteiger partial charge in [0, 0.05) is 178 Å². The van der Waals surface area contributed by atoms with Crippen molar-refractivity contribution in [2.45, 2.75) is 527 Å². The molecule has 2 aliphatic rings. The molecule has 0 amide bonds. The lowest BCUT2D eigenvalue weighted by Gasteiger charge is -2.41. The zero-order chi connectivity index (χ0) is 102. The number of Topliss-reactive ketones (excluding diaryl/α,β-unsaturated/α-hetero) is 7. The first-order valence-electron chi connectivity index (χ1n) is 54.6. The fourth-order valence-electron chi connectivity index (χ4n) is 14.1. The zero-order valence-corrected chi connectivity index (χ0v) is 93.6. The van der Waals surface area contributed by atoms with Crippen molar-refractivity contribution in [2.24, 2.45) is 70.5 Å². The summed E-state index contributed by atoms with van der Waals surface area (Å²) in [6.45, 7) is 78.8. The fraction of sp³-hybridized carbons (Fsp3) is 0.939. The molecule has 2 aliphatic carbocycles. The summed E-state index contributed by atoms with van der Waals surface area (Å²) in [5.74, 6) is 6.01. The van der Waals surface area contributed by atoms with Gasteiger partial charge in [-0.3, -0.25) is 33.6 Å². The number of hydrogen-bond donors (Lipinski definition) is 0. The molecular weight excluding hydrogens is 1670 g/mol. The zero-order valence-electron chi connectivity index (χ0n) is 93.6. The van der Waals surface area contributed by atoms with Gasteiger partial charge in [0.2, 0.25) is 0 Å². The van der Waals surface area contributed by atoms with Crippen molar-refractivity contribution < 1.29 is 90.4 Å². The monoisotopic (exact) mass is 1900 g/mol. The Labute approximate surface area is 822 Å².